The summed E-state index contributed by atoms with van der Waals surface area (Å²) in [4.78, 5) is 14.9. The summed E-state index contributed by atoms with van der Waals surface area (Å²) >= 11 is 0. The van der Waals surface area contributed by atoms with Gasteiger partial charge in [-0.05, 0) is 18.6 Å². The van der Waals surface area contributed by atoms with E-state index in [0.717, 1.165) is 13.0 Å². The molecular weight excluding hydrogens is 375 g/mol. The van der Waals surface area contributed by atoms with Crippen LogP contribution in [0.3, 0.4) is 0 Å². The largest absolute Gasteiger partial charge is 0.454 e. The Labute approximate surface area is 135 Å². The number of amides is 1. The maximum atomic E-state index is 10.9. The number of hydrogen-bond donors (Lipinski definition) is 3. The quantitative estimate of drug-likeness (QED) is 0.273. The maximum Gasteiger partial charge on any atom is 0.284 e. The molecule has 20 heavy (non-hydrogen) atoms. The SMILES string of the molecule is CN=C(NCCCOC)NCc1ccc(C(N)=O)o1.I. The lowest BCUT2D eigenvalue weighted by Crippen LogP contribution is -2.37. The molecular formula is C12H21IN4O3. The molecule has 7 nitrogen and oxygen atoms in total. The molecule has 0 aliphatic heterocycles. The average molecular weight is 396 g/mol. The van der Waals surface area contributed by atoms with Crippen LogP contribution in [-0.4, -0.2) is 39.2 Å². The summed E-state index contributed by atoms with van der Waals surface area (Å²) in [6, 6.07) is 3.25. The van der Waals surface area contributed by atoms with Crippen molar-refractivity contribution in [3.63, 3.8) is 0 Å². The van der Waals surface area contributed by atoms with Crippen LogP contribution in [-0.2, 0) is 11.3 Å². The van der Waals surface area contributed by atoms with E-state index in [1.165, 1.54) is 0 Å². The second kappa shape index (κ2) is 10.5. The monoisotopic (exact) mass is 396 g/mol. The first kappa shape index (κ1) is 18.7. The van der Waals surface area contributed by atoms with Crippen molar-refractivity contribution in [2.45, 2.75) is 13.0 Å². The molecule has 0 spiro atoms. The minimum atomic E-state index is -0.576. The van der Waals surface area contributed by atoms with Crippen LogP contribution in [0.1, 0.15) is 22.7 Å². The van der Waals surface area contributed by atoms with Crippen LogP contribution in [0.4, 0.5) is 0 Å². The van der Waals surface area contributed by atoms with Crippen LogP contribution in [0.2, 0.25) is 0 Å². The number of methoxy groups -OCH3 is 1. The second-order valence-electron chi connectivity index (χ2n) is 3.83. The Morgan fingerprint density at radius 2 is 2.20 bits per heavy atom. The Hall–Kier alpha value is -1.29. The third-order valence-corrected chi connectivity index (χ3v) is 2.38. The molecule has 0 radical (unpaired) electrons. The Kier molecular flexibility index (Phi) is 9.82. The van der Waals surface area contributed by atoms with E-state index in [1.54, 1.807) is 26.3 Å². The van der Waals surface area contributed by atoms with Gasteiger partial charge in [0, 0.05) is 27.3 Å². The standard InChI is InChI=1S/C12H20N4O3.HI/c1-14-12(15-6-3-7-18-2)16-8-9-4-5-10(19-9)11(13)17;/h4-5H,3,6-8H2,1-2H3,(H2,13,17)(H2,14,15,16);1H. The summed E-state index contributed by atoms with van der Waals surface area (Å²) < 4.78 is 10.2. The molecule has 0 aromatic carbocycles. The first-order valence-electron chi connectivity index (χ1n) is 5.99. The molecule has 114 valence electrons. The van der Waals surface area contributed by atoms with Gasteiger partial charge in [0.05, 0.1) is 6.54 Å². The first-order chi connectivity index (χ1) is 9.17. The number of furan rings is 1. The highest BCUT2D eigenvalue weighted by Crippen LogP contribution is 2.06. The predicted octanol–water partition coefficient (Wildman–Crippen LogP) is 0.698. The molecule has 8 heteroatoms. The normalized spacial score (nSPS) is 10.8. The summed E-state index contributed by atoms with van der Waals surface area (Å²) in [5.41, 5.74) is 5.10. The molecule has 0 saturated heterocycles. The van der Waals surface area contributed by atoms with Gasteiger partial charge in [0.2, 0.25) is 0 Å². The van der Waals surface area contributed by atoms with E-state index in [0.29, 0.717) is 24.9 Å². The number of carbonyl (C=O) groups is 1. The molecule has 4 N–H and O–H groups in total. The van der Waals surface area contributed by atoms with Gasteiger partial charge >= 0.3 is 0 Å². The van der Waals surface area contributed by atoms with Crippen molar-refractivity contribution >= 4 is 35.8 Å². The number of hydrogen-bond acceptors (Lipinski definition) is 4. The van der Waals surface area contributed by atoms with Crippen LogP contribution in [0, 0.1) is 0 Å². The third-order valence-electron chi connectivity index (χ3n) is 2.38. The number of nitrogens with zero attached hydrogens (tertiary/aromatic N) is 1. The first-order valence-corrected chi connectivity index (χ1v) is 5.99. The molecule has 0 saturated carbocycles. The summed E-state index contributed by atoms with van der Waals surface area (Å²) in [5, 5.41) is 6.20. The number of aliphatic imine (C=N–C) groups is 1. The van der Waals surface area contributed by atoms with Crippen molar-refractivity contribution in [1.29, 1.82) is 0 Å². The number of rotatable bonds is 7. The zero-order valence-electron chi connectivity index (χ0n) is 11.6. The Morgan fingerprint density at radius 3 is 2.75 bits per heavy atom. The number of carbonyl (C=O) groups excluding carboxylic acids is 1. The zero-order valence-corrected chi connectivity index (χ0v) is 14.0. The number of nitrogens with one attached hydrogen (secondary N) is 2. The van der Waals surface area contributed by atoms with Crippen LogP contribution in [0.25, 0.3) is 0 Å². The van der Waals surface area contributed by atoms with Gasteiger partial charge in [0.15, 0.2) is 11.7 Å². The minimum Gasteiger partial charge on any atom is -0.454 e. The van der Waals surface area contributed by atoms with Gasteiger partial charge in [-0.15, -0.1) is 24.0 Å². The maximum absolute atomic E-state index is 10.9. The Balaban J connectivity index is 0.00000361. The van der Waals surface area contributed by atoms with E-state index in [1.807, 2.05) is 0 Å². The molecule has 0 unspecified atom stereocenters. The van der Waals surface area contributed by atoms with Gasteiger partial charge in [0.1, 0.15) is 5.76 Å². The van der Waals surface area contributed by atoms with E-state index in [2.05, 4.69) is 15.6 Å². The molecule has 1 amide bonds. The number of primary amides is 1. The third kappa shape index (κ3) is 6.75. The van der Waals surface area contributed by atoms with Crippen LogP contribution in [0.5, 0.6) is 0 Å². The van der Waals surface area contributed by atoms with Crippen molar-refractivity contribution in [2.75, 3.05) is 27.3 Å². The fraction of sp³-hybridized carbons (Fsp3) is 0.500. The number of halogens is 1. The fourth-order valence-electron chi connectivity index (χ4n) is 1.42. The van der Waals surface area contributed by atoms with E-state index in [9.17, 15) is 4.79 Å². The van der Waals surface area contributed by atoms with Crippen LogP contribution in [0.15, 0.2) is 21.5 Å². The van der Waals surface area contributed by atoms with Gasteiger partial charge in [-0.3, -0.25) is 9.79 Å². The fourth-order valence-corrected chi connectivity index (χ4v) is 1.42. The lowest BCUT2D eigenvalue weighted by Gasteiger charge is -2.10. The molecule has 1 aromatic rings. The van der Waals surface area contributed by atoms with Crippen LogP contribution >= 0.6 is 24.0 Å². The minimum absolute atomic E-state index is 0. The van der Waals surface area contributed by atoms with Gasteiger partial charge in [-0.2, -0.15) is 0 Å². The molecule has 0 aliphatic rings. The van der Waals surface area contributed by atoms with Gasteiger partial charge < -0.3 is 25.5 Å². The van der Waals surface area contributed by atoms with Crippen molar-refractivity contribution in [3.05, 3.63) is 23.7 Å². The summed E-state index contributed by atoms with van der Waals surface area (Å²) in [7, 11) is 3.35. The average Bonchev–Trinajstić information content (AvgIpc) is 2.87. The van der Waals surface area contributed by atoms with E-state index >= 15 is 0 Å². The molecule has 1 heterocycles. The van der Waals surface area contributed by atoms with Crippen molar-refractivity contribution in [3.8, 4) is 0 Å². The molecule has 0 bridgehead atoms. The smallest absolute Gasteiger partial charge is 0.284 e. The topological polar surface area (TPSA) is 102 Å². The van der Waals surface area contributed by atoms with E-state index in [4.69, 9.17) is 14.9 Å². The lowest BCUT2D eigenvalue weighted by atomic mass is 10.4. The Morgan fingerprint density at radius 1 is 1.45 bits per heavy atom. The summed E-state index contributed by atoms with van der Waals surface area (Å²) in [6.07, 6.45) is 0.893. The van der Waals surface area contributed by atoms with Crippen molar-refractivity contribution < 1.29 is 13.9 Å². The summed E-state index contributed by atoms with van der Waals surface area (Å²) in [6.45, 7) is 1.89. The van der Waals surface area contributed by atoms with Gasteiger partial charge in [0.25, 0.3) is 5.91 Å². The highest BCUT2D eigenvalue weighted by molar-refractivity contribution is 14.0. The molecule has 1 aromatic heterocycles. The van der Waals surface area contributed by atoms with E-state index < -0.39 is 5.91 Å². The highest BCUT2D eigenvalue weighted by atomic mass is 127. The van der Waals surface area contributed by atoms with Crippen LogP contribution < -0.4 is 16.4 Å². The molecule has 1 rings (SSSR count). The van der Waals surface area contributed by atoms with Gasteiger partial charge in [-0.1, -0.05) is 0 Å². The summed E-state index contributed by atoms with van der Waals surface area (Å²) in [5.74, 6) is 0.856. The molecule has 0 fully saturated rings. The lowest BCUT2D eigenvalue weighted by molar-refractivity contribution is 0.0972. The van der Waals surface area contributed by atoms with Gasteiger partial charge in [-0.25, -0.2) is 0 Å². The Bertz CT molecular complexity index is 434. The number of nitrogens with two attached hydrogens (primary N) is 1. The second-order valence-corrected chi connectivity index (χ2v) is 3.83. The number of ether oxygens (including phenoxy) is 1. The highest BCUT2D eigenvalue weighted by Gasteiger charge is 2.07. The molecule has 0 atom stereocenters. The number of guanidine groups is 1. The van der Waals surface area contributed by atoms with E-state index in [-0.39, 0.29) is 29.7 Å². The van der Waals surface area contributed by atoms with Crippen molar-refractivity contribution in [2.24, 2.45) is 10.7 Å². The predicted molar refractivity (Wildman–Crippen MR) is 87.3 cm³/mol. The molecule has 0 aliphatic carbocycles. The zero-order chi connectivity index (χ0) is 14.1. The van der Waals surface area contributed by atoms with Crippen molar-refractivity contribution in [1.82, 2.24) is 10.6 Å².